The van der Waals surface area contributed by atoms with E-state index in [-0.39, 0.29) is 4.90 Å². The predicted octanol–water partition coefficient (Wildman–Crippen LogP) is 4.90. The maximum absolute atomic E-state index is 14.0. The number of aryl methyl sites for hydroxylation is 2. The monoisotopic (exact) mass is 456 g/mol. The van der Waals surface area contributed by atoms with Crippen molar-refractivity contribution < 1.29 is 27.4 Å². The third-order valence-corrected chi connectivity index (χ3v) is 7.47. The zero-order valence-electron chi connectivity index (χ0n) is 19.1. The lowest BCUT2D eigenvalue weighted by Gasteiger charge is -2.24. The van der Waals surface area contributed by atoms with Crippen molar-refractivity contribution in [3.05, 3.63) is 76.9 Å². The largest absolute Gasteiger partial charge is 0.496 e. The first-order valence-corrected chi connectivity index (χ1v) is 11.6. The van der Waals surface area contributed by atoms with Crippen LogP contribution in [0.1, 0.15) is 27.5 Å². The molecule has 0 saturated carbocycles. The number of hydrogen-bond donors (Lipinski definition) is 0. The smallest absolute Gasteiger partial charge is 0.203 e. The van der Waals surface area contributed by atoms with Gasteiger partial charge in [-0.15, -0.1) is 0 Å². The molecule has 0 N–H and O–H groups in total. The van der Waals surface area contributed by atoms with Gasteiger partial charge in [0.15, 0.2) is 21.3 Å². The minimum Gasteiger partial charge on any atom is -0.496 e. The molecule has 0 radical (unpaired) electrons. The Morgan fingerprint density at radius 3 is 1.81 bits per heavy atom. The Bertz CT molecular complexity index is 1200. The summed E-state index contributed by atoms with van der Waals surface area (Å²) < 4.78 is 49.9. The van der Waals surface area contributed by atoms with E-state index in [0.717, 1.165) is 11.1 Å². The number of methoxy groups -OCH3 is 4. The van der Waals surface area contributed by atoms with Gasteiger partial charge in [0.25, 0.3) is 0 Å². The fraction of sp³-hybridized carbons (Fsp3) is 0.280. The van der Waals surface area contributed by atoms with Crippen LogP contribution in [0.3, 0.4) is 0 Å². The van der Waals surface area contributed by atoms with Gasteiger partial charge >= 0.3 is 0 Å². The van der Waals surface area contributed by atoms with Crippen molar-refractivity contribution in [1.29, 1.82) is 0 Å². The van der Waals surface area contributed by atoms with Crippen molar-refractivity contribution in [2.75, 3.05) is 28.4 Å². The lowest BCUT2D eigenvalue weighted by molar-refractivity contribution is 0.322. The Kier molecular flexibility index (Phi) is 6.99. The normalized spacial score (nSPS) is 12.2. The van der Waals surface area contributed by atoms with Crippen LogP contribution in [0.2, 0.25) is 0 Å². The van der Waals surface area contributed by atoms with Gasteiger partial charge in [0, 0.05) is 5.56 Å². The SMILES string of the molecule is COc1ccc(C(c2ccc(OC)c(OC)c2OC)S(=O)(=O)c2ccc(C)cc2)cc1C. The molecular weight excluding hydrogens is 428 g/mol. The Morgan fingerprint density at radius 1 is 0.688 bits per heavy atom. The van der Waals surface area contributed by atoms with Crippen LogP contribution < -0.4 is 18.9 Å². The van der Waals surface area contributed by atoms with Crippen LogP contribution in [0.25, 0.3) is 0 Å². The van der Waals surface area contributed by atoms with Gasteiger partial charge in [-0.25, -0.2) is 8.42 Å². The van der Waals surface area contributed by atoms with E-state index < -0.39 is 15.1 Å². The van der Waals surface area contributed by atoms with Gasteiger partial charge in [0.2, 0.25) is 5.75 Å². The summed E-state index contributed by atoms with van der Waals surface area (Å²) in [6.45, 7) is 3.79. The van der Waals surface area contributed by atoms with Gasteiger partial charge in [0.05, 0.1) is 33.3 Å². The van der Waals surface area contributed by atoms with Crippen LogP contribution in [-0.4, -0.2) is 36.9 Å². The van der Waals surface area contributed by atoms with Crippen LogP contribution in [0.15, 0.2) is 59.5 Å². The molecule has 32 heavy (non-hydrogen) atoms. The van der Waals surface area contributed by atoms with Gasteiger partial charge in [-0.1, -0.05) is 29.8 Å². The molecule has 0 bridgehead atoms. The van der Waals surface area contributed by atoms with Gasteiger partial charge in [-0.05, 0) is 55.3 Å². The van der Waals surface area contributed by atoms with E-state index in [1.165, 1.54) is 21.3 Å². The molecule has 1 atom stereocenters. The minimum atomic E-state index is -3.85. The number of rotatable bonds is 8. The van der Waals surface area contributed by atoms with Crippen molar-refractivity contribution >= 4 is 9.84 Å². The predicted molar refractivity (Wildman–Crippen MR) is 124 cm³/mol. The molecule has 170 valence electrons. The fourth-order valence-corrected chi connectivity index (χ4v) is 5.60. The van der Waals surface area contributed by atoms with Crippen molar-refractivity contribution in [3.8, 4) is 23.0 Å². The van der Waals surface area contributed by atoms with E-state index in [1.54, 1.807) is 55.6 Å². The summed E-state index contributed by atoms with van der Waals surface area (Å²) >= 11 is 0. The molecule has 3 aromatic rings. The van der Waals surface area contributed by atoms with Crippen molar-refractivity contribution in [2.45, 2.75) is 24.0 Å². The van der Waals surface area contributed by atoms with E-state index in [0.29, 0.717) is 34.1 Å². The molecule has 1 unspecified atom stereocenters. The number of sulfone groups is 1. The van der Waals surface area contributed by atoms with E-state index in [1.807, 2.05) is 19.9 Å². The quantitative estimate of drug-likeness (QED) is 0.480. The fourth-order valence-electron chi connectivity index (χ4n) is 3.79. The maximum Gasteiger partial charge on any atom is 0.203 e. The first-order chi connectivity index (χ1) is 15.3. The molecule has 0 heterocycles. The van der Waals surface area contributed by atoms with Gasteiger partial charge < -0.3 is 18.9 Å². The van der Waals surface area contributed by atoms with E-state index in [9.17, 15) is 8.42 Å². The average Bonchev–Trinajstić information content (AvgIpc) is 2.79. The summed E-state index contributed by atoms with van der Waals surface area (Å²) in [5.41, 5.74) is 2.85. The van der Waals surface area contributed by atoms with E-state index in [2.05, 4.69) is 0 Å². The highest BCUT2D eigenvalue weighted by atomic mass is 32.2. The molecule has 3 aromatic carbocycles. The number of benzene rings is 3. The molecular formula is C25H28O6S. The van der Waals surface area contributed by atoms with Crippen LogP contribution in [0, 0.1) is 13.8 Å². The van der Waals surface area contributed by atoms with E-state index >= 15 is 0 Å². The highest BCUT2D eigenvalue weighted by molar-refractivity contribution is 7.92. The molecule has 7 heteroatoms. The summed E-state index contributed by atoms with van der Waals surface area (Å²) in [7, 11) is 2.22. The van der Waals surface area contributed by atoms with Crippen LogP contribution in [0.5, 0.6) is 23.0 Å². The second-order valence-corrected chi connectivity index (χ2v) is 9.42. The molecule has 0 aliphatic rings. The molecule has 0 spiro atoms. The lowest BCUT2D eigenvalue weighted by Crippen LogP contribution is -2.17. The zero-order chi connectivity index (χ0) is 23.5. The molecule has 0 saturated heterocycles. The third kappa shape index (κ3) is 4.25. The Balaban J connectivity index is 2.34. The zero-order valence-corrected chi connectivity index (χ0v) is 19.9. The van der Waals surface area contributed by atoms with Crippen molar-refractivity contribution in [3.63, 3.8) is 0 Å². The first kappa shape index (κ1) is 23.5. The molecule has 0 aliphatic carbocycles. The Hall–Kier alpha value is -3.19. The van der Waals surface area contributed by atoms with Crippen LogP contribution >= 0.6 is 0 Å². The summed E-state index contributed by atoms with van der Waals surface area (Å²) in [6.07, 6.45) is 0. The Labute approximate surface area is 189 Å². The topological polar surface area (TPSA) is 71.1 Å². The summed E-state index contributed by atoms with van der Waals surface area (Å²) in [4.78, 5) is 0.221. The lowest BCUT2D eigenvalue weighted by atomic mass is 10.0. The molecule has 0 aliphatic heterocycles. The molecule has 0 aromatic heterocycles. The van der Waals surface area contributed by atoms with Crippen LogP contribution in [0.4, 0.5) is 0 Å². The van der Waals surface area contributed by atoms with Crippen molar-refractivity contribution in [1.82, 2.24) is 0 Å². The third-order valence-electron chi connectivity index (χ3n) is 5.40. The van der Waals surface area contributed by atoms with Gasteiger partial charge in [0.1, 0.15) is 11.0 Å². The molecule has 3 rings (SSSR count). The standard InChI is InChI=1S/C25H28O6S/c1-16-7-10-19(11-8-16)32(26,27)25(18-9-13-21(28-3)17(2)15-18)20-12-14-22(29-4)24(31-6)23(20)30-5/h7-15,25H,1-6H3. The number of hydrogen-bond acceptors (Lipinski definition) is 6. The second-order valence-electron chi connectivity index (χ2n) is 7.39. The highest BCUT2D eigenvalue weighted by Crippen LogP contribution is 2.47. The maximum atomic E-state index is 14.0. The van der Waals surface area contributed by atoms with Gasteiger partial charge in [-0.2, -0.15) is 0 Å². The van der Waals surface area contributed by atoms with Gasteiger partial charge in [-0.3, -0.25) is 0 Å². The summed E-state index contributed by atoms with van der Waals surface area (Å²) in [5.74, 6) is 1.77. The second kappa shape index (κ2) is 9.53. The number of ether oxygens (including phenoxy) is 4. The van der Waals surface area contributed by atoms with Crippen molar-refractivity contribution in [2.24, 2.45) is 0 Å². The first-order valence-electron chi connectivity index (χ1n) is 10.0. The molecule has 0 amide bonds. The minimum absolute atomic E-state index is 0.221. The summed E-state index contributed by atoms with van der Waals surface area (Å²) in [5, 5.41) is -1.04. The summed E-state index contributed by atoms with van der Waals surface area (Å²) in [6, 6.07) is 15.6. The highest BCUT2D eigenvalue weighted by Gasteiger charge is 2.35. The molecule has 0 fully saturated rings. The average molecular weight is 457 g/mol. The van der Waals surface area contributed by atoms with E-state index in [4.69, 9.17) is 18.9 Å². The van der Waals surface area contributed by atoms with Crippen LogP contribution in [-0.2, 0) is 9.84 Å². The Morgan fingerprint density at radius 2 is 1.28 bits per heavy atom. The molecule has 6 nitrogen and oxygen atoms in total.